The molecule has 7 heteroatoms. The van der Waals surface area contributed by atoms with E-state index in [1.54, 1.807) is 0 Å². The first kappa shape index (κ1) is 27.2. The van der Waals surface area contributed by atoms with Gasteiger partial charge in [-0.1, -0.05) is 56.0 Å². The lowest BCUT2D eigenvalue weighted by atomic mass is 9.88. The molecule has 0 spiro atoms. The van der Waals surface area contributed by atoms with Crippen molar-refractivity contribution in [2.75, 3.05) is 11.9 Å². The number of nitrogens with zero attached hydrogens (tertiary/aromatic N) is 1. The van der Waals surface area contributed by atoms with Crippen LogP contribution in [0.4, 0.5) is 5.69 Å². The molecule has 4 aromatic rings. The van der Waals surface area contributed by atoms with Gasteiger partial charge in [-0.15, -0.1) is 0 Å². The number of amides is 2. The fraction of sp³-hybridized carbons (Fsp3) is 0.382. The molecule has 2 atom stereocenters. The third-order valence-electron chi connectivity index (χ3n) is 8.57. The molecule has 2 unspecified atom stereocenters. The lowest BCUT2D eigenvalue weighted by molar-refractivity contribution is -0.120. The zero-order valence-electron chi connectivity index (χ0n) is 23.4. The number of imidazole rings is 1. The molecule has 6 rings (SSSR count). The molecule has 2 fully saturated rings. The minimum atomic E-state index is -0.0746. The largest absolute Gasteiger partial charge is 0.376 e. The SMILES string of the molecule is O=C(NC1CCCC1COCc1ccccc1)c1ccc2[nH]c(-c3ccc(NC(=O)C4CCCCC4)cc3)nc2c1. The van der Waals surface area contributed by atoms with Crippen molar-refractivity contribution in [1.29, 1.82) is 0 Å². The molecule has 1 heterocycles. The Labute approximate surface area is 241 Å². The van der Waals surface area contributed by atoms with Crippen LogP contribution in [0.2, 0.25) is 0 Å². The van der Waals surface area contributed by atoms with Crippen molar-refractivity contribution in [2.24, 2.45) is 11.8 Å². The summed E-state index contributed by atoms with van der Waals surface area (Å²) in [6.07, 6.45) is 8.58. The molecule has 3 aromatic carbocycles. The summed E-state index contributed by atoms with van der Waals surface area (Å²) in [5, 5.41) is 6.32. The summed E-state index contributed by atoms with van der Waals surface area (Å²) in [6.45, 7) is 1.23. The zero-order valence-corrected chi connectivity index (χ0v) is 23.4. The van der Waals surface area contributed by atoms with Gasteiger partial charge in [-0.2, -0.15) is 0 Å². The summed E-state index contributed by atoms with van der Waals surface area (Å²) in [6, 6.07) is 23.7. The van der Waals surface area contributed by atoms with E-state index in [0.717, 1.165) is 78.6 Å². The van der Waals surface area contributed by atoms with Gasteiger partial charge in [-0.3, -0.25) is 9.59 Å². The summed E-state index contributed by atoms with van der Waals surface area (Å²) in [4.78, 5) is 33.9. The number of H-pyrrole nitrogens is 1. The minimum absolute atomic E-state index is 0.0746. The monoisotopic (exact) mass is 550 g/mol. The lowest BCUT2D eigenvalue weighted by Crippen LogP contribution is -2.38. The molecule has 1 aromatic heterocycles. The number of carbonyl (C=O) groups is 2. The Morgan fingerprint density at radius 1 is 0.878 bits per heavy atom. The number of ether oxygens (including phenoxy) is 1. The number of carbonyl (C=O) groups excluding carboxylic acids is 2. The Morgan fingerprint density at radius 2 is 1.68 bits per heavy atom. The number of aromatic amines is 1. The van der Waals surface area contributed by atoms with Crippen LogP contribution in [0.5, 0.6) is 0 Å². The molecule has 0 saturated heterocycles. The highest BCUT2D eigenvalue weighted by Gasteiger charge is 2.29. The van der Waals surface area contributed by atoms with Crippen molar-refractivity contribution in [1.82, 2.24) is 15.3 Å². The van der Waals surface area contributed by atoms with Crippen LogP contribution in [0.1, 0.15) is 67.3 Å². The maximum Gasteiger partial charge on any atom is 0.251 e. The summed E-state index contributed by atoms with van der Waals surface area (Å²) in [7, 11) is 0. The molecular formula is C34H38N4O3. The van der Waals surface area contributed by atoms with Crippen molar-refractivity contribution in [2.45, 2.75) is 64.0 Å². The molecule has 0 aliphatic heterocycles. The van der Waals surface area contributed by atoms with Crippen LogP contribution in [-0.2, 0) is 16.1 Å². The van der Waals surface area contributed by atoms with E-state index < -0.39 is 0 Å². The first-order chi connectivity index (χ1) is 20.1. The van der Waals surface area contributed by atoms with Gasteiger partial charge in [0.05, 0.1) is 24.2 Å². The van der Waals surface area contributed by atoms with Crippen LogP contribution in [0, 0.1) is 11.8 Å². The van der Waals surface area contributed by atoms with Crippen LogP contribution >= 0.6 is 0 Å². The number of anilines is 1. The number of fused-ring (bicyclic) bond motifs is 1. The molecule has 3 N–H and O–H groups in total. The zero-order chi connectivity index (χ0) is 28.0. The number of benzene rings is 3. The van der Waals surface area contributed by atoms with Gasteiger partial charge in [0, 0.05) is 34.7 Å². The molecule has 0 bridgehead atoms. The van der Waals surface area contributed by atoms with E-state index in [1.807, 2.05) is 60.7 Å². The molecular weight excluding hydrogens is 512 g/mol. The maximum atomic E-state index is 13.2. The van der Waals surface area contributed by atoms with E-state index >= 15 is 0 Å². The van der Waals surface area contributed by atoms with Crippen LogP contribution in [0.15, 0.2) is 72.8 Å². The van der Waals surface area contributed by atoms with Crippen LogP contribution in [-0.4, -0.2) is 34.4 Å². The predicted octanol–water partition coefficient (Wildman–Crippen LogP) is 6.86. The predicted molar refractivity (Wildman–Crippen MR) is 161 cm³/mol. The van der Waals surface area contributed by atoms with Crippen molar-refractivity contribution in [3.05, 3.63) is 83.9 Å². The number of hydrogen-bond donors (Lipinski definition) is 3. The smallest absolute Gasteiger partial charge is 0.251 e. The first-order valence-electron chi connectivity index (χ1n) is 15.0. The van der Waals surface area contributed by atoms with E-state index in [0.29, 0.717) is 24.7 Å². The third kappa shape index (κ3) is 6.68. The molecule has 2 aliphatic carbocycles. The fourth-order valence-corrected chi connectivity index (χ4v) is 6.18. The third-order valence-corrected chi connectivity index (χ3v) is 8.57. The number of nitrogens with one attached hydrogen (secondary N) is 3. The normalized spacial score (nSPS) is 19.3. The van der Waals surface area contributed by atoms with E-state index in [9.17, 15) is 9.59 Å². The van der Waals surface area contributed by atoms with Gasteiger partial charge in [-0.25, -0.2) is 4.98 Å². The average Bonchev–Trinajstić information content (AvgIpc) is 3.65. The number of rotatable bonds is 9. The van der Waals surface area contributed by atoms with Crippen molar-refractivity contribution >= 4 is 28.5 Å². The standard InChI is InChI=1S/C34H38N4O3/c39-33(25-10-5-2-6-11-25)35-28-17-14-24(15-18-28)32-36-30-19-16-26(20-31(30)37-32)34(40)38-29-13-7-12-27(29)22-41-21-23-8-3-1-4-9-23/h1,3-4,8-9,14-20,25,27,29H,2,5-7,10-13,21-22H2,(H,35,39)(H,36,37)(H,38,40). The summed E-state index contributed by atoms with van der Waals surface area (Å²) in [5.74, 6) is 1.22. The Bertz CT molecular complexity index is 1480. The second-order valence-electron chi connectivity index (χ2n) is 11.5. The number of hydrogen-bond acceptors (Lipinski definition) is 4. The highest BCUT2D eigenvalue weighted by molar-refractivity contribution is 5.98. The van der Waals surface area contributed by atoms with E-state index in [1.165, 1.54) is 6.42 Å². The Kier molecular flexibility index (Phi) is 8.42. The Morgan fingerprint density at radius 3 is 2.49 bits per heavy atom. The summed E-state index contributed by atoms with van der Waals surface area (Å²) < 4.78 is 5.99. The lowest BCUT2D eigenvalue weighted by Gasteiger charge is -2.21. The Balaban J connectivity index is 1.06. The van der Waals surface area contributed by atoms with Gasteiger partial charge in [0.2, 0.25) is 5.91 Å². The van der Waals surface area contributed by atoms with E-state index in [-0.39, 0.29) is 23.8 Å². The van der Waals surface area contributed by atoms with Crippen molar-refractivity contribution < 1.29 is 14.3 Å². The van der Waals surface area contributed by atoms with Gasteiger partial charge >= 0.3 is 0 Å². The highest BCUT2D eigenvalue weighted by atomic mass is 16.5. The number of aromatic nitrogens is 2. The second kappa shape index (κ2) is 12.7. The van der Waals surface area contributed by atoms with Crippen LogP contribution in [0.25, 0.3) is 22.4 Å². The van der Waals surface area contributed by atoms with Crippen molar-refractivity contribution in [3.8, 4) is 11.4 Å². The Hall–Kier alpha value is -3.97. The first-order valence-corrected chi connectivity index (χ1v) is 15.0. The minimum Gasteiger partial charge on any atom is -0.376 e. The molecule has 212 valence electrons. The molecule has 0 radical (unpaired) electrons. The van der Waals surface area contributed by atoms with Crippen LogP contribution in [0.3, 0.4) is 0 Å². The molecule has 7 nitrogen and oxygen atoms in total. The second-order valence-corrected chi connectivity index (χ2v) is 11.5. The van der Waals surface area contributed by atoms with Crippen molar-refractivity contribution in [3.63, 3.8) is 0 Å². The molecule has 2 saturated carbocycles. The van der Waals surface area contributed by atoms with Crippen LogP contribution < -0.4 is 10.6 Å². The molecule has 2 aliphatic rings. The summed E-state index contributed by atoms with van der Waals surface area (Å²) >= 11 is 0. The quantitative estimate of drug-likeness (QED) is 0.212. The van der Waals surface area contributed by atoms with Gasteiger partial charge in [0.1, 0.15) is 5.82 Å². The topological polar surface area (TPSA) is 96.1 Å². The van der Waals surface area contributed by atoms with Gasteiger partial charge in [0.15, 0.2) is 0 Å². The van der Waals surface area contributed by atoms with Gasteiger partial charge in [0.25, 0.3) is 5.91 Å². The average molecular weight is 551 g/mol. The molecule has 41 heavy (non-hydrogen) atoms. The van der Waals surface area contributed by atoms with Gasteiger partial charge < -0.3 is 20.4 Å². The van der Waals surface area contributed by atoms with Gasteiger partial charge in [-0.05, 0) is 73.7 Å². The van der Waals surface area contributed by atoms with E-state index in [2.05, 4.69) is 27.8 Å². The fourth-order valence-electron chi connectivity index (χ4n) is 6.18. The van der Waals surface area contributed by atoms with E-state index in [4.69, 9.17) is 9.72 Å². The highest BCUT2D eigenvalue weighted by Crippen LogP contribution is 2.28. The maximum absolute atomic E-state index is 13.2. The summed E-state index contributed by atoms with van der Waals surface area (Å²) in [5.41, 5.74) is 5.11. The molecule has 2 amide bonds.